The van der Waals surface area contributed by atoms with Gasteiger partial charge in [-0.1, -0.05) is 52.4 Å². The molecular formula is C15H30N2O. The molecule has 0 bridgehead atoms. The third kappa shape index (κ3) is 4.60. The molecule has 1 aliphatic rings. The van der Waals surface area contributed by atoms with E-state index in [9.17, 15) is 4.79 Å². The molecule has 0 aromatic carbocycles. The summed E-state index contributed by atoms with van der Waals surface area (Å²) in [6.07, 6.45) is 10.2. The Balaban J connectivity index is 2.23. The van der Waals surface area contributed by atoms with Crippen molar-refractivity contribution in [2.45, 2.75) is 84.3 Å². The van der Waals surface area contributed by atoms with Gasteiger partial charge in [0.2, 0.25) is 5.91 Å². The Hall–Kier alpha value is -0.570. The second-order valence-electron chi connectivity index (χ2n) is 5.49. The molecule has 2 unspecified atom stereocenters. The molecule has 1 amide bonds. The molecule has 0 saturated carbocycles. The van der Waals surface area contributed by atoms with Crippen molar-refractivity contribution in [1.29, 1.82) is 0 Å². The van der Waals surface area contributed by atoms with Crippen molar-refractivity contribution >= 4 is 5.91 Å². The minimum absolute atomic E-state index is 0.0154. The van der Waals surface area contributed by atoms with Crippen LogP contribution in [0.2, 0.25) is 0 Å². The fourth-order valence-corrected chi connectivity index (χ4v) is 2.69. The largest absolute Gasteiger partial charge is 0.326 e. The number of nitrogens with one attached hydrogen (secondary N) is 1. The Morgan fingerprint density at radius 2 is 1.72 bits per heavy atom. The molecule has 3 heteroatoms. The van der Waals surface area contributed by atoms with Crippen LogP contribution in [0, 0.1) is 0 Å². The van der Waals surface area contributed by atoms with E-state index in [0.29, 0.717) is 5.91 Å². The zero-order valence-corrected chi connectivity index (χ0v) is 12.4. The van der Waals surface area contributed by atoms with Crippen LogP contribution in [0.5, 0.6) is 0 Å². The molecule has 0 radical (unpaired) electrons. The van der Waals surface area contributed by atoms with Crippen molar-refractivity contribution in [2.24, 2.45) is 0 Å². The number of carbonyl (C=O) groups excluding carboxylic acids is 1. The number of hydrogen-bond donors (Lipinski definition) is 1. The molecule has 1 N–H and O–H groups in total. The molecular weight excluding hydrogens is 224 g/mol. The zero-order valence-electron chi connectivity index (χ0n) is 12.4. The van der Waals surface area contributed by atoms with E-state index in [1.165, 1.54) is 32.1 Å². The summed E-state index contributed by atoms with van der Waals surface area (Å²) in [6, 6.07) is 0.0154. The van der Waals surface area contributed by atoms with Crippen LogP contribution in [0.4, 0.5) is 0 Å². The number of carbonyl (C=O) groups is 1. The van der Waals surface area contributed by atoms with E-state index in [1.807, 2.05) is 6.92 Å². The van der Waals surface area contributed by atoms with Gasteiger partial charge in [-0.15, -0.1) is 0 Å². The van der Waals surface area contributed by atoms with Crippen molar-refractivity contribution < 1.29 is 4.79 Å². The average molecular weight is 254 g/mol. The Kier molecular flexibility index (Phi) is 7.33. The van der Waals surface area contributed by atoms with Gasteiger partial charge in [-0.3, -0.25) is 10.1 Å². The summed E-state index contributed by atoms with van der Waals surface area (Å²) in [6.45, 7) is 7.34. The van der Waals surface area contributed by atoms with Crippen LogP contribution in [0.25, 0.3) is 0 Å². The monoisotopic (exact) mass is 254 g/mol. The predicted octanol–water partition coefficient (Wildman–Crippen LogP) is 3.29. The van der Waals surface area contributed by atoms with Crippen LogP contribution in [0.1, 0.15) is 72.1 Å². The van der Waals surface area contributed by atoms with Gasteiger partial charge in [-0.2, -0.15) is 0 Å². The summed E-state index contributed by atoms with van der Waals surface area (Å²) < 4.78 is 0. The van der Waals surface area contributed by atoms with Gasteiger partial charge < -0.3 is 4.90 Å². The summed E-state index contributed by atoms with van der Waals surface area (Å²) in [7, 11) is 0. The Morgan fingerprint density at radius 1 is 1.06 bits per heavy atom. The van der Waals surface area contributed by atoms with Crippen LogP contribution in [-0.2, 0) is 4.79 Å². The van der Waals surface area contributed by atoms with Crippen LogP contribution in [-0.4, -0.2) is 29.6 Å². The highest BCUT2D eigenvalue weighted by Gasteiger charge is 2.34. The van der Waals surface area contributed by atoms with Gasteiger partial charge in [0, 0.05) is 6.54 Å². The van der Waals surface area contributed by atoms with Gasteiger partial charge in [-0.25, -0.2) is 0 Å². The maximum atomic E-state index is 12.0. The molecule has 18 heavy (non-hydrogen) atoms. The highest BCUT2D eigenvalue weighted by molar-refractivity contribution is 5.83. The van der Waals surface area contributed by atoms with E-state index in [0.717, 1.165) is 25.8 Å². The molecule has 3 nitrogen and oxygen atoms in total. The number of amides is 1. The van der Waals surface area contributed by atoms with Gasteiger partial charge in [0.1, 0.15) is 0 Å². The molecule has 1 rings (SSSR count). The van der Waals surface area contributed by atoms with Crippen molar-refractivity contribution in [3.63, 3.8) is 0 Å². The minimum Gasteiger partial charge on any atom is -0.326 e. The van der Waals surface area contributed by atoms with Crippen LogP contribution in [0.3, 0.4) is 0 Å². The average Bonchev–Trinajstić information content (AvgIpc) is 2.61. The summed E-state index contributed by atoms with van der Waals surface area (Å²) >= 11 is 0. The maximum absolute atomic E-state index is 12.0. The van der Waals surface area contributed by atoms with E-state index >= 15 is 0 Å². The molecule has 0 spiro atoms. The van der Waals surface area contributed by atoms with Crippen molar-refractivity contribution in [3.05, 3.63) is 0 Å². The topological polar surface area (TPSA) is 32.3 Å². The molecule has 0 aliphatic carbocycles. The predicted molar refractivity (Wildman–Crippen MR) is 76.4 cm³/mol. The van der Waals surface area contributed by atoms with Gasteiger partial charge in [0.15, 0.2) is 0 Å². The molecule has 1 heterocycles. The van der Waals surface area contributed by atoms with Crippen LogP contribution in [0.15, 0.2) is 0 Å². The zero-order chi connectivity index (χ0) is 13.4. The van der Waals surface area contributed by atoms with E-state index in [-0.39, 0.29) is 12.2 Å². The molecule has 0 aromatic heterocycles. The first-order valence-electron chi connectivity index (χ1n) is 7.77. The molecule has 1 aliphatic heterocycles. The fraction of sp³-hybridized carbons (Fsp3) is 0.933. The van der Waals surface area contributed by atoms with Crippen LogP contribution < -0.4 is 5.32 Å². The van der Waals surface area contributed by atoms with Crippen molar-refractivity contribution in [1.82, 2.24) is 10.2 Å². The van der Waals surface area contributed by atoms with Crippen LogP contribution >= 0.6 is 0 Å². The van der Waals surface area contributed by atoms with E-state index in [4.69, 9.17) is 0 Å². The Labute approximate surface area is 112 Å². The van der Waals surface area contributed by atoms with E-state index in [1.54, 1.807) is 0 Å². The van der Waals surface area contributed by atoms with Gasteiger partial charge >= 0.3 is 0 Å². The summed E-state index contributed by atoms with van der Waals surface area (Å²) in [5.41, 5.74) is 0. The van der Waals surface area contributed by atoms with Crippen molar-refractivity contribution in [3.8, 4) is 0 Å². The van der Waals surface area contributed by atoms with E-state index in [2.05, 4.69) is 24.1 Å². The molecule has 106 valence electrons. The quantitative estimate of drug-likeness (QED) is 0.640. The Bertz CT molecular complexity index is 243. The Morgan fingerprint density at radius 3 is 2.39 bits per heavy atom. The molecule has 1 fully saturated rings. The van der Waals surface area contributed by atoms with Gasteiger partial charge in [-0.05, 0) is 19.8 Å². The number of hydrogen-bond acceptors (Lipinski definition) is 2. The van der Waals surface area contributed by atoms with Gasteiger partial charge in [0.05, 0.1) is 12.2 Å². The summed E-state index contributed by atoms with van der Waals surface area (Å²) in [5, 5.41) is 3.39. The van der Waals surface area contributed by atoms with E-state index < -0.39 is 0 Å². The standard InChI is InChI=1S/C15H30N2O/c1-4-6-7-8-9-10-12-17-14(11-5-2)16-13(3)15(17)18/h13-14,16H,4-12H2,1-3H3. The lowest BCUT2D eigenvalue weighted by Crippen LogP contribution is -2.37. The molecule has 1 saturated heterocycles. The lowest BCUT2D eigenvalue weighted by Gasteiger charge is -2.23. The third-order valence-electron chi connectivity index (χ3n) is 3.79. The number of nitrogens with zero attached hydrogens (tertiary/aromatic N) is 1. The van der Waals surface area contributed by atoms with Crippen molar-refractivity contribution in [2.75, 3.05) is 6.54 Å². The highest BCUT2D eigenvalue weighted by Crippen LogP contribution is 2.16. The summed E-state index contributed by atoms with van der Waals surface area (Å²) in [5.74, 6) is 0.294. The lowest BCUT2D eigenvalue weighted by molar-refractivity contribution is -0.129. The normalized spacial score (nSPS) is 23.9. The first-order chi connectivity index (χ1) is 8.70. The maximum Gasteiger partial charge on any atom is 0.240 e. The smallest absolute Gasteiger partial charge is 0.240 e. The molecule has 2 atom stereocenters. The first kappa shape index (κ1) is 15.5. The first-order valence-corrected chi connectivity index (χ1v) is 7.77. The minimum atomic E-state index is 0.0154. The summed E-state index contributed by atoms with van der Waals surface area (Å²) in [4.78, 5) is 14.1. The fourth-order valence-electron chi connectivity index (χ4n) is 2.69. The number of unbranched alkanes of at least 4 members (excludes halogenated alkanes) is 5. The third-order valence-corrected chi connectivity index (χ3v) is 3.79. The lowest BCUT2D eigenvalue weighted by atomic mass is 10.1. The number of rotatable bonds is 9. The van der Waals surface area contributed by atoms with Gasteiger partial charge in [0.25, 0.3) is 0 Å². The molecule has 0 aromatic rings. The SMILES string of the molecule is CCCCCCCCN1C(=O)C(C)NC1CCC. The second kappa shape index (κ2) is 8.52. The second-order valence-corrected chi connectivity index (χ2v) is 5.49. The highest BCUT2D eigenvalue weighted by atomic mass is 16.2.